The Morgan fingerprint density at radius 2 is 2.33 bits per heavy atom. The van der Waals surface area contributed by atoms with Gasteiger partial charge in [-0.05, 0) is 19.8 Å². The lowest BCUT2D eigenvalue weighted by molar-refractivity contribution is -0.131. The maximum Gasteiger partial charge on any atom is 0.233 e. The van der Waals surface area contributed by atoms with E-state index >= 15 is 0 Å². The van der Waals surface area contributed by atoms with Gasteiger partial charge in [0.2, 0.25) is 5.91 Å². The van der Waals surface area contributed by atoms with E-state index in [0.29, 0.717) is 11.5 Å². The number of nitrogens with one attached hydrogen (secondary N) is 1. The standard InChI is InChI=1S/C12H18N4OS/c1-8-9(7-15-16(8)2)6-14-11(17)12(10(13)18)4-3-5-12/h7H,3-6H2,1-2H3,(H2,13,18)(H,14,17). The third-order valence-corrected chi connectivity index (χ3v) is 4.28. The molecule has 0 unspecified atom stereocenters. The van der Waals surface area contributed by atoms with E-state index in [9.17, 15) is 4.79 Å². The van der Waals surface area contributed by atoms with Crippen molar-refractivity contribution in [3.8, 4) is 0 Å². The number of aromatic nitrogens is 2. The molecule has 6 heteroatoms. The Kier molecular flexibility index (Phi) is 3.38. The van der Waals surface area contributed by atoms with E-state index in [1.54, 1.807) is 10.9 Å². The summed E-state index contributed by atoms with van der Waals surface area (Å²) >= 11 is 5.02. The van der Waals surface area contributed by atoms with Crippen LogP contribution >= 0.6 is 12.2 Å². The second kappa shape index (κ2) is 4.68. The first-order valence-electron chi connectivity index (χ1n) is 6.03. The summed E-state index contributed by atoms with van der Waals surface area (Å²) in [7, 11) is 1.88. The van der Waals surface area contributed by atoms with Crippen molar-refractivity contribution in [2.45, 2.75) is 32.7 Å². The summed E-state index contributed by atoms with van der Waals surface area (Å²) in [5.41, 5.74) is 7.15. The van der Waals surface area contributed by atoms with Gasteiger partial charge in [-0.25, -0.2) is 0 Å². The highest BCUT2D eigenvalue weighted by Crippen LogP contribution is 2.41. The smallest absolute Gasteiger partial charge is 0.233 e. The van der Waals surface area contributed by atoms with Gasteiger partial charge in [-0.1, -0.05) is 18.6 Å². The number of carbonyl (C=O) groups is 1. The molecule has 0 bridgehead atoms. The molecule has 5 nitrogen and oxygen atoms in total. The van der Waals surface area contributed by atoms with Crippen LogP contribution in [0.3, 0.4) is 0 Å². The van der Waals surface area contributed by atoms with Gasteiger partial charge >= 0.3 is 0 Å². The van der Waals surface area contributed by atoms with Crippen LogP contribution in [0.1, 0.15) is 30.5 Å². The molecule has 1 aliphatic carbocycles. The summed E-state index contributed by atoms with van der Waals surface area (Å²) in [6.07, 6.45) is 4.31. The van der Waals surface area contributed by atoms with Gasteiger partial charge < -0.3 is 11.1 Å². The first-order valence-corrected chi connectivity index (χ1v) is 6.44. The SMILES string of the molecule is Cc1c(CNC(=O)C2(C(N)=S)CCC2)cnn1C. The van der Waals surface area contributed by atoms with Crippen molar-refractivity contribution in [3.05, 3.63) is 17.5 Å². The van der Waals surface area contributed by atoms with Crippen molar-refractivity contribution < 1.29 is 4.79 Å². The Morgan fingerprint density at radius 3 is 2.72 bits per heavy atom. The molecule has 1 saturated carbocycles. The molecule has 1 heterocycles. The fraction of sp³-hybridized carbons (Fsp3) is 0.583. The number of hydrogen-bond donors (Lipinski definition) is 2. The predicted molar refractivity (Wildman–Crippen MR) is 72.9 cm³/mol. The van der Waals surface area contributed by atoms with Crippen LogP contribution in [0.15, 0.2) is 6.20 Å². The first-order chi connectivity index (χ1) is 8.47. The van der Waals surface area contributed by atoms with Crippen molar-refractivity contribution in [3.63, 3.8) is 0 Å². The minimum atomic E-state index is -0.606. The molecule has 0 radical (unpaired) electrons. The number of nitrogens with zero attached hydrogens (tertiary/aromatic N) is 2. The Morgan fingerprint density at radius 1 is 1.67 bits per heavy atom. The fourth-order valence-electron chi connectivity index (χ4n) is 2.18. The summed E-state index contributed by atoms with van der Waals surface area (Å²) in [5.74, 6) is -0.0514. The lowest BCUT2D eigenvalue weighted by atomic mass is 9.68. The van der Waals surface area contributed by atoms with E-state index in [0.717, 1.165) is 30.5 Å². The lowest BCUT2D eigenvalue weighted by Crippen LogP contribution is -2.52. The maximum atomic E-state index is 12.2. The summed E-state index contributed by atoms with van der Waals surface area (Å²) in [6.45, 7) is 2.45. The van der Waals surface area contributed by atoms with Crippen LogP contribution in [0.5, 0.6) is 0 Å². The Hall–Kier alpha value is -1.43. The molecule has 0 aliphatic heterocycles. The molecule has 1 amide bonds. The van der Waals surface area contributed by atoms with Gasteiger partial charge in [-0.15, -0.1) is 0 Å². The molecule has 98 valence electrons. The third kappa shape index (κ3) is 2.01. The number of aryl methyl sites for hydroxylation is 1. The molecule has 1 aromatic heterocycles. The molecule has 0 atom stereocenters. The molecule has 1 aromatic rings. The molecule has 3 N–H and O–H groups in total. The lowest BCUT2D eigenvalue weighted by Gasteiger charge is -2.39. The van der Waals surface area contributed by atoms with Gasteiger partial charge in [-0.2, -0.15) is 5.10 Å². The highest BCUT2D eigenvalue weighted by molar-refractivity contribution is 7.80. The van der Waals surface area contributed by atoms with Gasteiger partial charge in [-0.3, -0.25) is 9.48 Å². The van der Waals surface area contributed by atoms with Gasteiger partial charge in [0.1, 0.15) is 0 Å². The molecule has 0 saturated heterocycles. The quantitative estimate of drug-likeness (QED) is 0.791. The summed E-state index contributed by atoms with van der Waals surface area (Å²) < 4.78 is 1.79. The minimum absolute atomic E-state index is 0.0514. The molecular formula is C12H18N4OS. The number of hydrogen-bond acceptors (Lipinski definition) is 3. The van der Waals surface area contributed by atoms with Crippen molar-refractivity contribution in [2.75, 3.05) is 0 Å². The average molecular weight is 266 g/mol. The monoisotopic (exact) mass is 266 g/mol. The average Bonchev–Trinajstić information content (AvgIpc) is 2.55. The van der Waals surface area contributed by atoms with E-state index in [1.807, 2.05) is 14.0 Å². The maximum absolute atomic E-state index is 12.2. The normalized spacial score (nSPS) is 17.0. The number of carbonyl (C=O) groups excluding carboxylic acids is 1. The first kappa shape index (κ1) is 13.0. The fourth-order valence-corrected chi connectivity index (χ4v) is 2.47. The zero-order valence-corrected chi connectivity index (χ0v) is 11.5. The van der Waals surface area contributed by atoms with Crippen molar-refractivity contribution >= 4 is 23.1 Å². The van der Waals surface area contributed by atoms with Crippen LogP contribution < -0.4 is 11.1 Å². The van der Waals surface area contributed by atoms with Gasteiger partial charge in [0, 0.05) is 24.8 Å². The second-order valence-corrected chi connectivity index (χ2v) is 5.30. The van der Waals surface area contributed by atoms with Crippen LogP contribution in [-0.2, 0) is 18.4 Å². The van der Waals surface area contributed by atoms with Crippen LogP contribution in [0.4, 0.5) is 0 Å². The van der Waals surface area contributed by atoms with E-state index in [2.05, 4.69) is 10.4 Å². The molecule has 0 spiro atoms. The number of amides is 1. The summed E-state index contributed by atoms with van der Waals surface area (Å²) in [6, 6.07) is 0. The van der Waals surface area contributed by atoms with E-state index < -0.39 is 5.41 Å². The molecule has 0 aromatic carbocycles. The zero-order chi connectivity index (χ0) is 13.3. The molecule has 18 heavy (non-hydrogen) atoms. The number of thiocarbonyl (C=S) groups is 1. The van der Waals surface area contributed by atoms with Crippen molar-refractivity contribution in [1.82, 2.24) is 15.1 Å². The molecule has 1 aliphatic rings. The largest absolute Gasteiger partial charge is 0.392 e. The molecular weight excluding hydrogens is 248 g/mol. The van der Waals surface area contributed by atoms with Crippen LogP contribution in [0.25, 0.3) is 0 Å². The Labute approximate surface area is 112 Å². The third-order valence-electron chi connectivity index (χ3n) is 3.89. The number of rotatable bonds is 4. The predicted octanol–water partition coefficient (Wildman–Crippen LogP) is 0.801. The van der Waals surface area contributed by atoms with Crippen LogP contribution in [0, 0.1) is 12.3 Å². The van der Waals surface area contributed by atoms with E-state index in [4.69, 9.17) is 18.0 Å². The van der Waals surface area contributed by atoms with Crippen molar-refractivity contribution in [2.24, 2.45) is 18.2 Å². The Bertz CT molecular complexity index is 490. The van der Waals surface area contributed by atoms with Crippen molar-refractivity contribution in [1.29, 1.82) is 0 Å². The van der Waals surface area contributed by atoms with Crippen LogP contribution in [0.2, 0.25) is 0 Å². The second-order valence-electron chi connectivity index (χ2n) is 4.86. The number of nitrogens with two attached hydrogens (primary N) is 1. The van der Waals surface area contributed by atoms with E-state index in [1.165, 1.54) is 0 Å². The highest BCUT2D eigenvalue weighted by Gasteiger charge is 2.46. The van der Waals surface area contributed by atoms with Crippen LogP contribution in [-0.4, -0.2) is 20.7 Å². The topological polar surface area (TPSA) is 72.9 Å². The molecule has 1 fully saturated rings. The van der Waals surface area contributed by atoms with Gasteiger partial charge in [0.05, 0.1) is 16.6 Å². The zero-order valence-electron chi connectivity index (χ0n) is 10.7. The highest BCUT2D eigenvalue weighted by atomic mass is 32.1. The van der Waals surface area contributed by atoms with Gasteiger partial charge in [0.15, 0.2) is 0 Å². The summed E-state index contributed by atoms with van der Waals surface area (Å²) in [4.78, 5) is 12.5. The minimum Gasteiger partial charge on any atom is -0.392 e. The van der Waals surface area contributed by atoms with E-state index in [-0.39, 0.29) is 5.91 Å². The molecule has 2 rings (SSSR count). The Balaban J connectivity index is 2.00. The summed E-state index contributed by atoms with van der Waals surface area (Å²) in [5, 5.41) is 7.06. The van der Waals surface area contributed by atoms with Gasteiger partial charge in [0.25, 0.3) is 0 Å².